The van der Waals surface area contributed by atoms with E-state index < -0.39 is 5.82 Å². The van der Waals surface area contributed by atoms with E-state index in [4.69, 9.17) is 16.3 Å². The second kappa shape index (κ2) is 7.56. The number of aryl methyl sites for hydroxylation is 1. The molecule has 1 N–H and O–H groups in total. The minimum Gasteiger partial charge on any atom is -0.495 e. The van der Waals surface area contributed by atoms with Gasteiger partial charge in [-0.1, -0.05) is 11.6 Å². The van der Waals surface area contributed by atoms with E-state index in [-0.39, 0.29) is 24.4 Å². The summed E-state index contributed by atoms with van der Waals surface area (Å²) in [5, 5.41) is 3.01. The van der Waals surface area contributed by atoms with E-state index in [1.54, 1.807) is 34.7 Å². The molecular formula is C20H16ClFN4O3. The summed E-state index contributed by atoms with van der Waals surface area (Å²) in [5.74, 6) is 0.127. The normalized spacial score (nSPS) is 11.1. The fourth-order valence-corrected chi connectivity index (χ4v) is 3.43. The van der Waals surface area contributed by atoms with Gasteiger partial charge in [-0.3, -0.25) is 14.0 Å². The number of halogens is 2. The van der Waals surface area contributed by atoms with Gasteiger partial charge >= 0.3 is 0 Å². The van der Waals surface area contributed by atoms with Gasteiger partial charge in [0.2, 0.25) is 5.91 Å². The van der Waals surface area contributed by atoms with Gasteiger partial charge in [0.1, 0.15) is 28.1 Å². The van der Waals surface area contributed by atoms with Gasteiger partial charge in [0.05, 0.1) is 24.3 Å². The van der Waals surface area contributed by atoms with Crippen LogP contribution in [0.5, 0.6) is 5.75 Å². The van der Waals surface area contributed by atoms with Crippen LogP contribution in [-0.4, -0.2) is 27.0 Å². The van der Waals surface area contributed by atoms with Crippen LogP contribution in [0.15, 0.2) is 53.5 Å². The highest BCUT2D eigenvalue weighted by molar-refractivity contribution is 6.30. The average Bonchev–Trinajstić information content (AvgIpc) is 3.10. The number of amides is 1. The molecule has 0 aliphatic carbocycles. The number of ether oxygens (including phenoxy) is 1. The first-order valence-corrected chi connectivity index (χ1v) is 9.14. The number of aromatic nitrogens is 3. The molecule has 0 bridgehead atoms. The molecule has 9 heteroatoms. The van der Waals surface area contributed by atoms with Crippen molar-refractivity contribution < 1.29 is 13.9 Å². The lowest BCUT2D eigenvalue weighted by atomic mass is 10.2. The van der Waals surface area contributed by atoms with Gasteiger partial charge in [-0.25, -0.2) is 9.37 Å². The van der Waals surface area contributed by atoms with E-state index in [9.17, 15) is 14.0 Å². The Kier molecular flexibility index (Phi) is 4.94. The van der Waals surface area contributed by atoms with Crippen LogP contribution in [0.3, 0.4) is 0 Å². The summed E-state index contributed by atoms with van der Waals surface area (Å²) in [6.07, 6.45) is 1.49. The van der Waals surface area contributed by atoms with Crippen LogP contribution in [0.1, 0.15) is 6.42 Å². The number of hydrogen-bond donors (Lipinski definition) is 1. The molecule has 0 radical (unpaired) electrons. The predicted molar refractivity (Wildman–Crippen MR) is 108 cm³/mol. The summed E-state index contributed by atoms with van der Waals surface area (Å²) in [6.45, 7) is 0.0695. The van der Waals surface area contributed by atoms with Gasteiger partial charge in [0, 0.05) is 13.0 Å². The van der Waals surface area contributed by atoms with Crippen LogP contribution in [0.2, 0.25) is 5.15 Å². The standard InChI is InChI=1S/C20H16ClFN4O3/c1-29-13-3-7-18(23-11-13)24-19(27)8-9-25-16-10-12(22)2-4-14(16)26-15(20(25)28)5-6-17(26)21/h2-7,10-11H,8-9H2,1H3,(H,23,24,27). The summed E-state index contributed by atoms with van der Waals surface area (Å²) >= 11 is 6.20. The molecule has 0 saturated heterocycles. The average molecular weight is 415 g/mol. The summed E-state index contributed by atoms with van der Waals surface area (Å²) in [7, 11) is 1.52. The minimum atomic E-state index is -0.486. The lowest BCUT2D eigenvalue weighted by Gasteiger charge is -2.13. The van der Waals surface area contributed by atoms with Crippen LogP contribution < -0.4 is 15.6 Å². The third kappa shape index (κ3) is 3.54. The second-order valence-electron chi connectivity index (χ2n) is 6.35. The second-order valence-corrected chi connectivity index (χ2v) is 6.74. The van der Waals surface area contributed by atoms with E-state index in [1.807, 2.05) is 0 Å². The highest BCUT2D eigenvalue weighted by Gasteiger charge is 2.15. The molecule has 0 aliphatic rings. The van der Waals surface area contributed by atoms with Gasteiger partial charge < -0.3 is 14.6 Å². The van der Waals surface area contributed by atoms with Gasteiger partial charge in [-0.2, -0.15) is 0 Å². The Bertz CT molecular complexity index is 1280. The van der Waals surface area contributed by atoms with E-state index in [2.05, 4.69) is 10.3 Å². The molecule has 1 amide bonds. The number of rotatable bonds is 5. The molecule has 0 fully saturated rings. The van der Waals surface area contributed by atoms with Gasteiger partial charge in [0.15, 0.2) is 0 Å². The van der Waals surface area contributed by atoms with Gasteiger partial charge in [-0.15, -0.1) is 0 Å². The zero-order chi connectivity index (χ0) is 20.5. The van der Waals surface area contributed by atoms with Gasteiger partial charge in [0.25, 0.3) is 5.56 Å². The zero-order valence-electron chi connectivity index (χ0n) is 15.4. The maximum Gasteiger partial charge on any atom is 0.275 e. The molecule has 0 saturated carbocycles. The van der Waals surface area contributed by atoms with Crippen LogP contribution >= 0.6 is 11.6 Å². The monoisotopic (exact) mass is 414 g/mol. The molecule has 29 heavy (non-hydrogen) atoms. The van der Waals surface area contributed by atoms with Crippen molar-refractivity contribution in [3.8, 4) is 5.75 Å². The molecule has 3 heterocycles. The predicted octanol–water partition coefficient (Wildman–Crippen LogP) is 3.48. The third-order valence-electron chi connectivity index (χ3n) is 4.57. The van der Waals surface area contributed by atoms with Crippen molar-refractivity contribution in [1.29, 1.82) is 0 Å². The highest BCUT2D eigenvalue weighted by Crippen LogP contribution is 2.22. The fraction of sp³-hybridized carbons (Fsp3) is 0.150. The molecule has 148 valence electrons. The van der Waals surface area contributed by atoms with Crippen LogP contribution in [0.25, 0.3) is 16.6 Å². The quantitative estimate of drug-likeness (QED) is 0.542. The molecule has 0 aliphatic heterocycles. The van der Waals surface area contributed by atoms with Crippen molar-refractivity contribution in [2.75, 3.05) is 12.4 Å². The number of fused-ring (bicyclic) bond motifs is 3. The number of nitrogens with zero attached hydrogens (tertiary/aromatic N) is 3. The Morgan fingerprint density at radius 1 is 1.17 bits per heavy atom. The van der Waals surface area contributed by atoms with Crippen molar-refractivity contribution in [3.63, 3.8) is 0 Å². The number of anilines is 1. The first kappa shape index (κ1) is 18.9. The summed E-state index contributed by atoms with van der Waals surface area (Å²) in [4.78, 5) is 29.3. The number of carbonyl (C=O) groups excluding carboxylic acids is 1. The lowest BCUT2D eigenvalue weighted by molar-refractivity contribution is -0.116. The molecule has 1 aromatic carbocycles. The Labute approximate surface area is 169 Å². The van der Waals surface area contributed by atoms with E-state index in [0.29, 0.717) is 33.3 Å². The Hall–Kier alpha value is -3.39. The molecule has 7 nitrogen and oxygen atoms in total. The first-order valence-electron chi connectivity index (χ1n) is 8.77. The smallest absolute Gasteiger partial charge is 0.275 e. The number of benzene rings is 1. The van der Waals surface area contributed by atoms with Crippen molar-refractivity contribution >= 4 is 39.9 Å². The number of methoxy groups -OCH3 is 1. The van der Waals surface area contributed by atoms with E-state index >= 15 is 0 Å². The number of pyridine rings is 1. The van der Waals surface area contributed by atoms with Crippen LogP contribution in [0, 0.1) is 5.82 Å². The number of hydrogen-bond acceptors (Lipinski definition) is 4. The summed E-state index contributed by atoms with van der Waals surface area (Å²) in [6, 6.07) is 10.6. The Morgan fingerprint density at radius 2 is 1.97 bits per heavy atom. The number of carbonyl (C=O) groups is 1. The van der Waals surface area contributed by atoms with E-state index in [0.717, 1.165) is 0 Å². The molecular weight excluding hydrogens is 399 g/mol. The molecule has 0 unspecified atom stereocenters. The van der Waals surface area contributed by atoms with E-state index in [1.165, 1.54) is 30.0 Å². The van der Waals surface area contributed by atoms with Crippen molar-refractivity contribution in [1.82, 2.24) is 14.0 Å². The lowest BCUT2D eigenvalue weighted by Crippen LogP contribution is -2.25. The van der Waals surface area contributed by atoms with Crippen molar-refractivity contribution in [2.45, 2.75) is 13.0 Å². The first-order chi connectivity index (χ1) is 14.0. The maximum atomic E-state index is 13.9. The third-order valence-corrected chi connectivity index (χ3v) is 4.86. The highest BCUT2D eigenvalue weighted by atomic mass is 35.5. The van der Waals surface area contributed by atoms with Crippen LogP contribution in [0.4, 0.5) is 10.2 Å². The SMILES string of the molecule is COc1ccc(NC(=O)CCn2c(=O)c3ccc(Cl)n3c3ccc(F)cc32)nc1. The van der Waals surface area contributed by atoms with Crippen molar-refractivity contribution in [2.24, 2.45) is 0 Å². The van der Waals surface area contributed by atoms with Crippen molar-refractivity contribution in [3.05, 3.63) is 70.0 Å². The molecule has 4 rings (SSSR count). The minimum absolute atomic E-state index is 0.00381. The molecule has 0 atom stereocenters. The molecule has 0 spiro atoms. The zero-order valence-corrected chi connectivity index (χ0v) is 16.1. The molecule has 4 aromatic rings. The van der Waals surface area contributed by atoms with Gasteiger partial charge in [-0.05, 0) is 42.5 Å². The largest absolute Gasteiger partial charge is 0.495 e. The maximum absolute atomic E-state index is 13.9. The fourth-order valence-electron chi connectivity index (χ4n) is 3.19. The summed E-state index contributed by atoms with van der Waals surface area (Å²) in [5.41, 5.74) is 0.931. The number of nitrogens with one attached hydrogen (secondary N) is 1. The van der Waals surface area contributed by atoms with Crippen LogP contribution in [-0.2, 0) is 11.3 Å². The molecule has 3 aromatic heterocycles. The Balaban J connectivity index is 1.64. The summed E-state index contributed by atoms with van der Waals surface area (Å²) < 4.78 is 21.8. The topological polar surface area (TPSA) is 77.6 Å². The Morgan fingerprint density at radius 3 is 2.69 bits per heavy atom.